The van der Waals surface area contributed by atoms with Gasteiger partial charge >= 0.3 is 0 Å². The first kappa shape index (κ1) is 21.9. The molecule has 3 heterocycles. The number of aryl methyl sites for hydroxylation is 1. The molecule has 1 aliphatic heterocycles. The Labute approximate surface area is 203 Å². The monoisotopic (exact) mass is 472 g/mol. The number of benzene rings is 2. The van der Waals surface area contributed by atoms with Gasteiger partial charge in [0.2, 0.25) is 5.82 Å². The van der Waals surface area contributed by atoms with E-state index >= 15 is 0 Å². The van der Waals surface area contributed by atoms with Gasteiger partial charge in [0.1, 0.15) is 11.5 Å². The first-order valence-electron chi connectivity index (χ1n) is 10.9. The van der Waals surface area contributed by atoms with Gasteiger partial charge in [-0.05, 0) is 62.0 Å². The summed E-state index contributed by atoms with van der Waals surface area (Å²) in [5.41, 5.74) is 4.81. The summed E-state index contributed by atoms with van der Waals surface area (Å²) in [6.45, 7) is 4.54. The Bertz CT molecular complexity index is 1340. The van der Waals surface area contributed by atoms with Crippen molar-refractivity contribution in [1.82, 2.24) is 20.4 Å². The molecule has 1 aliphatic rings. The van der Waals surface area contributed by atoms with Gasteiger partial charge in [-0.25, -0.2) is 0 Å². The van der Waals surface area contributed by atoms with Crippen molar-refractivity contribution >= 4 is 22.9 Å². The third kappa shape index (κ3) is 4.20. The van der Waals surface area contributed by atoms with Crippen molar-refractivity contribution < 1.29 is 13.7 Å². The van der Waals surface area contributed by atoms with E-state index in [1.54, 1.807) is 13.4 Å². The van der Waals surface area contributed by atoms with E-state index in [4.69, 9.17) is 30.9 Å². The van der Waals surface area contributed by atoms with Crippen LogP contribution in [0, 0.1) is 6.92 Å². The van der Waals surface area contributed by atoms with E-state index in [0.29, 0.717) is 23.4 Å². The van der Waals surface area contributed by atoms with E-state index in [-0.39, 0.29) is 6.04 Å². The molecule has 0 saturated carbocycles. The number of allylic oxidation sites excluding steroid dienone is 1. The number of aromatic nitrogens is 2. The molecule has 0 spiro atoms. The number of thiocarbonyl (C=S) groups is 1. The summed E-state index contributed by atoms with van der Waals surface area (Å²) >= 11 is 5.75. The van der Waals surface area contributed by atoms with Crippen molar-refractivity contribution in [2.45, 2.75) is 26.4 Å². The van der Waals surface area contributed by atoms with Crippen LogP contribution >= 0.6 is 12.2 Å². The molecular formula is C26H24N4O3S. The smallest absolute Gasteiger partial charge is 0.258 e. The third-order valence-electron chi connectivity index (χ3n) is 5.87. The maximum atomic E-state index is 5.81. The van der Waals surface area contributed by atoms with Gasteiger partial charge in [-0.15, -0.1) is 0 Å². The predicted octanol–water partition coefficient (Wildman–Crippen LogP) is 5.51. The molecule has 2 aromatic heterocycles. The lowest BCUT2D eigenvalue weighted by Crippen LogP contribution is -2.45. The molecule has 1 unspecified atom stereocenters. The fourth-order valence-electron chi connectivity index (χ4n) is 4.09. The molecular weight excluding hydrogens is 448 g/mol. The summed E-state index contributed by atoms with van der Waals surface area (Å²) in [6, 6.07) is 19.4. The van der Waals surface area contributed by atoms with E-state index in [0.717, 1.165) is 39.5 Å². The summed E-state index contributed by atoms with van der Waals surface area (Å²) < 4.78 is 16.7. The second-order valence-electron chi connectivity index (χ2n) is 8.11. The van der Waals surface area contributed by atoms with Gasteiger partial charge in [0, 0.05) is 11.3 Å². The van der Waals surface area contributed by atoms with Gasteiger partial charge in [-0.2, -0.15) is 4.98 Å². The maximum absolute atomic E-state index is 5.81. The van der Waals surface area contributed by atoms with Crippen LogP contribution < -0.4 is 10.1 Å². The number of nitrogens with one attached hydrogen (secondary N) is 1. The van der Waals surface area contributed by atoms with Gasteiger partial charge < -0.3 is 23.9 Å². The Hall–Kier alpha value is -3.91. The minimum absolute atomic E-state index is 0.267. The average Bonchev–Trinajstić information content (AvgIpc) is 3.54. The van der Waals surface area contributed by atoms with Crippen LogP contribution in [0.25, 0.3) is 17.0 Å². The van der Waals surface area contributed by atoms with Gasteiger partial charge in [0.05, 0.1) is 31.5 Å². The van der Waals surface area contributed by atoms with E-state index in [1.165, 1.54) is 0 Å². The largest absolute Gasteiger partial charge is 0.497 e. The molecule has 0 aliphatic carbocycles. The zero-order valence-electron chi connectivity index (χ0n) is 19.1. The number of hydrogen-bond acceptors (Lipinski definition) is 6. The van der Waals surface area contributed by atoms with Crippen LogP contribution in [0.3, 0.4) is 0 Å². The van der Waals surface area contributed by atoms with E-state index < -0.39 is 0 Å². The molecule has 1 atom stereocenters. The van der Waals surface area contributed by atoms with Gasteiger partial charge in [-0.3, -0.25) is 0 Å². The summed E-state index contributed by atoms with van der Waals surface area (Å²) in [7, 11) is 1.65. The summed E-state index contributed by atoms with van der Waals surface area (Å²) in [5, 5.41) is 8.33. The van der Waals surface area contributed by atoms with Crippen molar-refractivity contribution in [3.8, 4) is 17.1 Å². The minimum Gasteiger partial charge on any atom is -0.497 e. The predicted molar refractivity (Wildman–Crippen MR) is 133 cm³/mol. The molecule has 4 aromatic rings. The number of furan rings is 1. The molecule has 2 aromatic carbocycles. The summed E-state index contributed by atoms with van der Waals surface area (Å²) in [4.78, 5) is 6.75. The summed E-state index contributed by atoms with van der Waals surface area (Å²) in [6.07, 6.45) is 1.65. The Morgan fingerprint density at radius 3 is 2.62 bits per heavy atom. The Kier molecular flexibility index (Phi) is 5.90. The van der Waals surface area contributed by atoms with Crippen LogP contribution in [0.2, 0.25) is 0 Å². The minimum atomic E-state index is -0.267. The molecule has 34 heavy (non-hydrogen) atoms. The Balaban J connectivity index is 1.59. The number of nitrogens with zero attached hydrogens (tertiary/aromatic N) is 3. The lowest BCUT2D eigenvalue weighted by Gasteiger charge is -2.37. The number of rotatable bonds is 6. The maximum Gasteiger partial charge on any atom is 0.258 e. The first-order chi connectivity index (χ1) is 16.5. The van der Waals surface area contributed by atoms with Crippen LogP contribution in [0.4, 0.5) is 0 Å². The molecule has 7 nitrogen and oxygen atoms in total. The normalized spacial score (nSPS) is 16.0. The van der Waals surface area contributed by atoms with Gasteiger partial charge in [-0.1, -0.05) is 41.1 Å². The number of ether oxygens (including phenoxy) is 1. The van der Waals surface area contributed by atoms with Crippen LogP contribution in [0.15, 0.2) is 81.6 Å². The molecule has 0 bridgehead atoms. The lowest BCUT2D eigenvalue weighted by atomic mass is 9.94. The standard InChI is InChI=1S/C26H24N4O3S/c1-16-6-4-7-19(14-16)24-28-25(33-29-24)22-17(2)30(15-21-8-5-13-32-21)26(34)27-23(22)18-9-11-20(31-3)12-10-18/h4-14,23H,15H2,1-3H3,(H,27,34). The van der Waals surface area contributed by atoms with E-state index in [9.17, 15) is 0 Å². The Morgan fingerprint density at radius 2 is 1.91 bits per heavy atom. The quantitative estimate of drug-likeness (QED) is 0.368. The zero-order valence-corrected chi connectivity index (χ0v) is 19.9. The van der Waals surface area contributed by atoms with Crippen molar-refractivity contribution in [2.75, 3.05) is 7.11 Å². The molecule has 1 N–H and O–H groups in total. The lowest BCUT2D eigenvalue weighted by molar-refractivity contribution is 0.382. The van der Waals surface area contributed by atoms with Crippen molar-refractivity contribution in [3.63, 3.8) is 0 Å². The number of methoxy groups -OCH3 is 1. The average molecular weight is 473 g/mol. The molecule has 0 saturated heterocycles. The van der Waals surface area contributed by atoms with Crippen LogP contribution in [-0.2, 0) is 6.54 Å². The molecule has 0 amide bonds. The van der Waals surface area contributed by atoms with Gasteiger partial charge in [0.25, 0.3) is 5.89 Å². The highest BCUT2D eigenvalue weighted by Crippen LogP contribution is 2.38. The highest BCUT2D eigenvalue weighted by atomic mass is 32.1. The molecule has 5 rings (SSSR count). The van der Waals surface area contributed by atoms with E-state index in [1.807, 2.05) is 79.4 Å². The topological polar surface area (TPSA) is 76.6 Å². The number of hydrogen-bond donors (Lipinski definition) is 1. The second-order valence-corrected chi connectivity index (χ2v) is 8.50. The first-order valence-corrected chi connectivity index (χ1v) is 11.3. The zero-order chi connectivity index (χ0) is 23.7. The van der Waals surface area contributed by atoms with Crippen molar-refractivity contribution in [2.24, 2.45) is 0 Å². The van der Waals surface area contributed by atoms with Crippen LogP contribution in [-0.4, -0.2) is 27.3 Å². The fraction of sp³-hybridized carbons (Fsp3) is 0.192. The van der Waals surface area contributed by atoms with Crippen molar-refractivity contribution in [3.05, 3.63) is 95.4 Å². The second kappa shape index (κ2) is 9.15. The third-order valence-corrected chi connectivity index (χ3v) is 6.21. The molecule has 0 radical (unpaired) electrons. The van der Waals surface area contributed by atoms with Crippen molar-refractivity contribution in [1.29, 1.82) is 0 Å². The van der Waals surface area contributed by atoms with Crippen LogP contribution in [0.1, 0.15) is 35.7 Å². The highest BCUT2D eigenvalue weighted by Gasteiger charge is 2.34. The van der Waals surface area contributed by atoms with Gasteiger partial charge in [0.15, 0.2) is 5.11 Å². The van der Waals surface area contributed by atoms with Crippen LogP contribution in [0.5, 0.6) is 5.75 Å². The van der Waals surface area contributed by atoms with E-state index in [2.05, 4.69) is 10.5 Å². The molecule has 172 valence electrons. The fourth-order valence-corrected chi connectivity index (χ4v) is 4.41. The summed E-state index contributed by atoms with van der Waals surface area (Å²) in [5.74, 6) is 2.56. The SMILES string of the molecule is COc1ccc(C2NC(=S)N(Cc3ccco3)C(C)=C2c2nc(-c3cccc(C)c3)no2)cc1. The highest BCUT2D eigenvalue weighted by molar-refractivity contribution is 7.80. The Morgan fingerprint density at radius 1 is 1.09 bits per heavy atom. The molecule has 0 fully saturated rings. The molecule has 8 heteroatoms.